The normalized spacial score (nSPS) is 28.6. The molecule has 8 atom stereocenters. The number of hydrogen-bond acceptors (Lipinski definition) is 15. The molecule has 5 heterocycles. The van der Waals surface area contributed by atoms with E-state index in [2.05, 4.69) is 19.9 Å². The molecule has 5 rings (SSSR count). The third-order valence-electron chi connectivity index (χ3n) is 6.26. The topological polar surface area (TPSA) is 272 Å². The van der Waals surface area contributed by atoms with Gasteiger partial charge in [0.25, 0.3) is 0 Å². The lowest BCUT2D eigenvalue weighted by Gasteiger charge is -2.21. The third kappa shape index (κ3) is 6.18. The van der Waals surface area contributed by atoms with Gasteiger partial charge < -0.3 is 30.9 Å². The summed E-state index contributed by atoms with van der Waals surface area (Å²) in [5.41, 5.74) is 11.3. The van der Waals surface area contributed by atoms with Crippen molar-refractivity contribution in [2.45, 2.75) is 49.7 Å². The number of aliphatic hydroxyl groups excluding tert-OH is 1. The van der Waals surface area contributed by atoms with Crippen molar-refractivity contribution in [1.29, 1.82) is 0 Å². The Bertz CT molecular complexity index is 1500. The van der Waals surface area contributed by atoms with Crippen LogP contribution in [0.2, 0.25) is 0 Å². The number of phosphoric acid groups is 1. The highest BCUT2D eigenvalue weighted by Gasteiger charge is 2.44. The van der Waals surface area contributed by atoms with Gasteiger partial charge in [0.1, 0.15) is 55.0 Å². The summed E-state index contributed by atoms with van der Waals surface area (Å²) in [7, 11) is -7.82. The van der Waals surface area contributed by atoms with Crippen LogP contribution < -0.4 is 17.2 Å². The number of ether oxygens (including phenoxy) is 2. The smallest absolute Gasteiger partial charge is 0.390 e. The summed E-state index contributed by atoms with van der Waals surface area (Å²) >= 11 is 0. The van der Waals surface area contributed by atoms with E-state index in [1.54, 1.807) is 4.57 Å². The fraction of sp³-hybridized carbons (Fsp3) is 0.526. The Morgan fingerprint density at radius 3 is 2.62 bits per heavy atom. The predicted molar refractivity (Wildman–Crippen MR) is 132 cm³/mol. The highest BCUT2D eigenvalue weighted by atomic mass is 31.2. The maximum absolute atomic E-state index is 12.8. The molecule has 2 saturated heterocycles. The zero-order valence-corrected chi connectivity index (χ0v) is 22.2. The Morgan fingerprint density at radius 2 is 1.88 bits per heavy atom. The van der Waals surface area contributed by atoms with Gasteiger partial charge in [0.2, 0.25) is 0 Å². The number of fused-ring (bicyclic) bond motifs is 1. The zero-order valence-electron chi connectivity index (χ0n) is 20.4. The molecule has 216 valence electrons. The lowest BCUT2D eigenvalue weighted by atomic mass is 10.2. The standard InChI is InChI=1S/C19H24N8O11P2/c20-13-1-2-26(19(29)25-13)15-4-10(12(37-15)5-34-39(30)31)38-40(32,33)35-6-11-9(28)3-14(36-11)27-8-24-16-17(21)22-7-23-18(16)27/h1-2,7-12,14-15,28H,3-6H2,(H5-,20,21,22,23,25,29,30,31,32,33)/p+1/t9-,10-,11+,12+,14+,15+/m0/s1. The molecule has 3 aromatic heterocycles. The Balaban J connectivity index is 1.23. The molecule has 3 aromatic rings. The third-order valence-corrected chi connectivity index (χ3v) is 7.65. The predicted octanol–water partition coefficient (Wildman–Crippen LogP) is -0.648. The minimum Gasteiger partial charge on any atom is -0.390 e. The quantitative estimate of drug-likeness (QED) is 0.180. The number of imidazole rings is 1. The minimum atomic E-state index is -4.81. The first-order chi connectivity index (χ1) is 19.0. The summed E-state index contributed by atoms with van der Waals surface area (Å²) in [6.07, 6.45) is -2.21. The van der Waals surface area contributed by atoms with Gasteiger partial charge in [0.15, 0.2) is 11.5 Å². The van der Waals surface area contributed by atoms with Gasteiger partial charge in [-0.05, 0) is 6.07 Å². The van der Waals surface area contributed by atoms with Crippen LogP contribution in [-0.4, -0.2) is 81.6 Å². The van der Waals surface area contributed by atoms with Gasteiger partial charge in [-0.2, -0.15) is 4.98 Å². The maximum Gasteiger partial charge on any atom is 0.694 e. The van der Waals surface area contributed by atoms with Crippen molar-refractivity contribution in [2.75, 3.05) is 24.7 Å². The van der Waals surface area contributed by atoms with Crippen LogP contribution >= 0.6 is 16.1 Å². The summed E-state index contributed by atoms with van der Waals surface area (Å²) in [5.74, 6) is 0.153. The number of hydrogen-bond donors (Lipinski definition) is 5. The number of anilines is 2. The average molecular weight is 603 g/mol. The van der Waals surface area contributed by atoms with E-state index in [-0.39, 0.29) is 24.5 Å². The molecule has 0 aromatic carbocycles. The highest BCUT2D eigenvalue weighted by Crippen LogP contribution is 2.49. The van der Waals surface area contributed by atoms with E-state index in [9.17, 15) is 23.9 Å². The van der Waals surface area contributed by atoms with Crippen LogP contribution in [0.5, 0.6) is 0 Å². The molecule has 19 nitrogen and oxygen atoms in total. The second-order valence-electron chi connectivity index (χ2n) is 8.86. The largest absolute Gasteiger partial charge is 0.694 e. The molecule has 40 heavy (non-hydrogen) atoms. The van der Waals surface area contributed by atoms with Crippen molar-refractivity contribution in [3.05, 3.63) is 35.4 Å². The number of nitrogen functional groups attached to an aromatic ring is 2. The van der Waals surface area contributed by atoms with Crippen LogP contribution in [-0.2, 0) is 32.2 Å². The zero-order chi connectivity index (χ0) is 28.6. The SMILES string of the molecule is Nc1ccn([C@H]2C[C@H](OP(=O)(O)OC[C@H]3O[C@@H](n4cnc5c(N)ncnc54)C[C@@H]3O)[C@@H](CO[P+](=O)O)O2)c(=O)n1. The first-order valence-corrected chi connectivity index (χ1v) is 14.3. The van der Waals surface area contributed by atoms with Crippen molar-refractivity contribution in [3.8, 4) is 0 Å². The van der Waals surface area contributed by atoms with Crippen molar-refractivity contribution >= 4 is 38.9 Å². The summed E-state index contributed by atoms with van der Waals surface area (Å²) in [5, 5.41) is 10.5. The molecule has 2 unspecified atom stereocenters. The van der Waals surface area contributed by atoms with Crippen LogP contribution in [0.25, 0.3) is 11.2 Å². The first kappa shape index (κ1) is 28.6. The Hall–Kier alpha value is -2.96. The van der Waals surface area contributed by atoms with Gasteiger partial charge in [0, 0.05) is 23.6 Å². The van der Waals surface area contributed by atoms with E-state index in [4.69, 9.17) is 39.4 Å². The number of nitrogens with two attached hydrogens (primary N) is 2. The van der Waals surface area contributed by atoms with Crippen molar-refractivity contribution in [3.63, 3.8) is 0 Å². The van der Waals surface area contributed by atoms with Gasteiger partial charge in [-0.15, -0.1) is 9.42 Å². The number of rotatable bonds is 10. The molecule has 0 bridgehead atoms. The Morgan fingerprint density at radius 1 is 1.12 bits per heavy atom. The lowest BCUT2D eigenvalue weighted by molar-refractivity contribution is -0.0542. The maximum atomic E-state index is 12.8. The Kier molecular flexibility index (Phi) is 8.21. The second kappa shape index (κ2) is 11.5. The van der Waals surface area contributed by atoms with Crippen LogP contribution in [0.15, 0.2) is 29.7 Å². The van der Waals surface area contributed by atoms with Crippen LogP contribution in [0, 0.1) is 0 Å². The molecule has 2 fully saturated rings. The average Bonchev–Trinajstić information content (AvgIpc) is 3.58. The van der Waals surface area contributed by atoms with E-state index in [0.717, 1.165) is 4.57 Å². The molecule has 2 aliphatic heterocycles. The molecule has 0 saturated carbocycles. The van der Waals surface area contributed by atoms with Crippen LogP contribution in [0.1, 0.15) is 25.3 Å². The summed E-state index contributed by atoms with van der Waals surface area (Å²) in [6, 6.07) is 1.35. The number of aromatic nitrogens is 6. The Labute approximate surface area is 225 Å². The van der Waals surface area contributed by atoms with E-state index >= 15 is 0 Å². The summed E-state index contributed by atoms with van der Waals surface area (Å²) < 4.78 is 53.1. The number of nitrogens with zero attached hydrogens (tertiary/aromatic N) is 6. The van der Waals surface area contributed by atoms with Gasteiger partial charge in [0.05, 0.1) is 19.0 Å². The molecular weight excluding hydrogens is 578 g/mol. The fourth-order valence-corrected chi connectivity index (χ4v) is 5.63. The van der Waals surface area contributed by atoms with E-state index in [1.807, 2.05) is 0 Å². The number of phosphoric ester groups is 1. The van der Waals surface area contributed by atoms with Gasteiger partial charge in [-0.3, -0.25) is 18.2 Å². The molecule has 0 radical (unpaired) electrons. The van der Waals surface area contributed by atoms with Crippen molar-refractivity contribution < 1.29 is 47.1 Å². The van der Waals surface area contributed by atoms with Gasteiger partial charge >= 0.3 is 21.8 Å². The molecule has 0 amide bonds. The molecule has 21 heteroatoms. The minimum absolute atomic E-state index is 0.0188. The van der Waals surface area contributed by atoms with Crippen LogP contribution in [0.3, 0.4) is 0 Å². The fourth-order valence-electron chi connectivity index (χ4n) is 4.40. The first-order valence-electron chi connectivity index (χ1n) is 11.7. The number of aliphatic hydroxyl groups is 1. The summed E-state index contributed by atoms with van der Waals surface area (Å²) in [6.45, 7) is -1.03. The molecule has 2 aliphatic rings. The molecule has 7 N–H and O–H groups in total. The second-order valence-corrected chi connectivity index (χ2v) is 11.0. The monoisotopic (exact) mass is 603 g/mol. The van der Waals surface area contributed by atoms with E-state index in [0.29, 0.717) is 11.2 Å². The molecule has 0 aliphatic carbocycles. The van der Waals surface area contributed by atoms with E-state index in [1.165, 1.54) is 24.9 Å². The van der Waals surface area contributed by atoms with Crippen LogP contribution in [0.4, 0.5) is 11.6 Å². The molecular formula is C19H25N8O11P2+. The highest BCUT2D eigenvalue weighted by molar-refractivity contribution is 7.47. The van der Waals surface area contributed by atoms with Gasteiger partial charge in [-0.1, -0.05) is 0 Å². The van der Waals surface area contributed by atoms with Crippen molar-refractivity contribution in [2.24, 2.45) is 0 Å². The summed E-state index contributed by atoms with van der Waals surface area (Å²) in [4.78, 5) is 47.4. The van der Waals surface area contributed by atoms with Crippen molar-refractivity contribution in [1.82, 2.24) is 29.1 Å². The van der Waals surface area contributed by atoms with Gasteiger partial charge in [-0.25, -0.2) is 24.3 Å². The lowest BCUT2D eigenvalue weighted by Crippen LogP contribution is -2.29. The molecule has 0 spiro atoms. The van der Waals surface area contributed by atoms with E-state index < -0.39 is 71.9 Å².